The molecule has 0 aromatic heterocycles. The first kappa shape index (κ1) is 16.1. The van der Waals surface area contributed by atoms with Crippen molar-refractivity contribution in [2.45, 2.75) is 44.8 Å². The first-order valence-corrected chi connectivity index (χ1v) is 7.70. The molecule has 116 valence electrons. The Kier molecular flexibility index (Phi) is 5.48. The summed E-state index contributed by atoms with van der Waals surface area (Å²) in [4.78, 5) is 11.5. The Bertz CT molecular complexity index is 506. The Balaban J connectivity index is 1.99. The van der Waals surface area contributed by atoms with Crippen molar-refractivity contribution in [1.29, 1.82) is 0 Å². The van der Waals surface area contributed by atoms with Gasteiger partial charge in [-0.25, -0.2) is 0 Å². The molecule has 0 saturated carbocycles. The zero-order chi connectivity index (χ0) is 15.4. The van der Waals surface area contributed by atoms with Gasteiger partial charge in [0.15, 0.2) is 0 Å². The van der Waals surface area contributed by atoms with Crippen molar-refractivity contribution >= 4 is 17.6 Å². The summed E-state index contributed by atoms with van der Waals surface area (Å²) in [6.07, 6.45) is 1.60. The Morgan fingerprint density at radius 3 is 2.90 bits per heavy atom. The second-order valence-electron chi connectivity index (χ2n) is 5.46. The molecule has 5 heteroatoms. The summed E-state index contributed by atoms with van der Waals surface area (Å²) in [5.74, 6) is 0.897. The quantitative estimate of drug-likeness (QED) is 0.849. The number of esters is 1. The van der Waals surface area contributed by atoms with Crippen LogP contribution in [0.25, 0.3) is 0 Å². The smallest absolute Gasteiger partial charge is 0.323 e. The lowest BCUT2D eigenvalue weighted by molar-refractivity contribution is -0.142. The highest BCUT2D eigenvalue weighted by Crippen LogP contribution is 2.31. The van der Waals surface area contributed by atoms with Crippen molar-refractivity contribution in [2.75, 3.05) is 13.7 Å². The van der Waals surface area contributed by atoms with E-state index in [2.05, 4.69) is 25.2 Å². The van der Waals surface area contributed by atoms with Gasteiger partial charge >= 0.3 is 5.97 Å². The number of hydrogen-bond donors (Lipinski definition) is 1. The second kappa shape index (κ2) is 7.14. The van der Waals surface area contributed by atoms with Crippen LogP contribution in [0.2, 0.25) is 5.02 Å². The monoisotopic (exact) mass is 311 g/mol. The van der Waals surface area contributed by atoms with Gasteiger partial charge in [-0.15, -0.1) is 0 Å². The summed E-state index contributed by atoms with van der Waals surface area (Å²) in [6, 6.07) is 5.63. The first-order chi connectivity index (χ1) is 10.0. The molecule has 0 spiro atoms. The highest BCUT2D eigenvalue weighted by atomic mass is 35.5. The molecule has 1 aliphatic heterocycles. The molecular weight excluding hydrogens is 290 g/mol. The van der Waals surface area contributed by atoms with Crippen molar-refractivity contribution in [3.63, 3.8) is 0 Å². The number of halogens is 1. The number of hydrogen-bond acceptors (Lipinski definition) is 4. The van der Waals surface area contributed by atoms with E-state index in [1.165, 1.54) is 12.7 Å². The number of benzene rings is 1. The van der Waals surface area contributed by atoms with E-state index in [1.807, 2.05) is 12.1 Å². The molecule has 1 N–H and O–H groups in total. The van der Waals surface area contributed by atoms with Gasteiger partial charge in [0.25, 0.3) is 0 Å². The molecule has 4 nitrogen and oxygen atoms in total. The average Bonchev–Trinajstić information content (AvgIpc) is 2.96. The fourth-order valence-corrected chi connectivity index (χ4v) is 2.68. The summed E-state index contributed by atoms with van der Waals surface area (Å²) in [6.45, 7) is 4.94. The third-order valence-corrected chi connectivity index (χ3v) is 4.30. The molecule has 1 saturated heterocycles. The lowest BCUT2D eigenvalue weighted by Crippen LogP contribution is -2.31. The van der Waals surface area contributed by atoms with Crippen LogP contribution in [0.4, 0.5) is 0 Å². The van der Waals surface area contributed by atoms with Crippen molar-refractivity contribution in [2.24, 2.45) is 0 Å². The van der Waals surface area contributed by atoms with Crippen LogP contribution < -0.4 is 10.1 Å². The van der Waals surface area contributed by atoms with Gasteiger partial charge < -0.3 is 14.8 Å². The fourth-order valence-electron chi connectivity index (χ4n) is 2.45. The predicted octanol–water partition coefficient (Wildman–Crippen LogP) is 3.14. The lowest BCUT2D eigenvalue weighted by atomic mass is 9.99. The fraction of sp³-hybridized carbons (Fsp3) is 0.562. The van der Waals surface area contributed by atoms with Crippen LogP contribution in [-0.4, -0.2) is 31.8 Å². The summed E-state index contributed by atoms with van der Waals surface area (Å²) < 4.78 is 10.6. The first-order valence-electron chi connectivity index (χ1n) is 7.32. The molecule has 0 radical (unpaired) electrons. The number of carbonyl (C=O) groups is 1. The molecule has 0 bridgehead atoms. The van der Waals surface area contributed by atoms with Crippen molar-refractivity contribution in [3.8, 4) is 5.75 Å². The van der Waals surface area contributed by atoms with Gasteiger partial charge in [-0.2, -0.15) is 0 Å². The normalized spacial score (nSPS) is 22.9. The summed E-state index contributed by atoms with van der Waals surface area (Å²) >= 11 is 6.30. The SMILES string of the molecule is CC[C@@H](C)c1ccc(O[C@@H]2CN[C@H](C(=O)OC)C2)c(Cl)c1. The third kappa shape index (κ3) is 3.89. The maximum atomic E-state index is 11.5. The van der Waals surface area contributed by atoms with Gasteiger partial charge in [0, 0.05) is 13.0 Å². The number of ether oxygens (including phenoxy) is 2. The minimum atomic E-state index is -0.293. The second-order valence-corrected chi connectivity index (χ2v) is 5.87. The van der Waals surface area contributed by atoms with Gasteiger partial charge in [-0.1, -0.05) is 31.5 Å². The standard InChI is InChI=1S/C16H22ClNO3/c1-4-10(2)11-5-6-15(13(17)7-11)21-12-8-14(18-9-12)16(19)20-3/h5-7,10,12,14,18H,4,8-9H2,1-3H3/t10-,12+,14+/m1/s1. The van der Waals surface area contributed by atoms with E-state index in [0.717, 1.165) is 6.42 Å². The van der Waals surface area contributed by atoms with Crippen LogP contribution in [0.5, 0.6) is 5.75 Å². The predicted molar refractivity (Wildman–Crippen MR) is 83.0 cm³/mol. The van der Waals surface area contributed by atoms with Gasteiger partial charge in [0.2, 0.25) is 0 Å². The molecule has 1 aromatic rings. The topological polar surface area (TPSA) is 47.6 Å². The minimum Gasteiger partial charge on any atom is -0.487 e. The Morgan fingerprint density at radius 1 is 1.52 bits per heavy atom. The van der Waals surface area contributed by atoms with Gasteiger partial charge in [0.1, 0.15) is 17.9 Å². The maximum absolute atomic E-state index is 11.5. The van der Waals surface area contributed by atoms with Gasteiger partial charge in [-0.3, -0.25) is 4.79 Å². The van der Waals surface area contributed by atoms with Crippen LogP contribution in [0, 0.1) is 0 Å². The number of carbonyl (C=O) groups excluding carboxylic acids is 1. The van der Waals surface area contributed by atoms with E-state index in [0.29, 0.717) is 29.7 Å². The van der Waals surface area contributed by atoms with Crippen LogP contribution >= 0.6 is 11.6 Å². The molecule has 1 aliphatic rings. The lowest BCUT2D eigenvalue weighted by Gasteiger charge is -2.16. The van der Waals surface area contributed by atoms with Crippen molar-refractivity contribution < 1.29 is 14.3 Å². The van der Waals surface area contributed by atoms with E-state index >= 15 is 0 Å². The molecule has 21 heavy (non-hydrogen) atoms. The summed E-state index contributed by atoms with van der Waals surface area (Å²) in [5, 5.41) is 3.71. The van der Waals surface area contributed by atoms with Crippen molar-refractivity contribution in [3.05, 3.63) is 28.8 Å². The molecule has 1 fully saturated rings. The van der Waals surface area contributed by atoms with Gasteiger partial charge in [-0.05, 0) is 30.0 Å². The molecule has 0 aliphatic carbocycles. The molecular formula is C16H22ClNO3. The van der Waals surface area contributed by atoms with Gasteiger partial charge in [0.05, 0.1) is 12.1 Å². The molecule has 3 atom stereocenters. The highest BCUT2D eigenvalue weighted by molar-refractivity contribution is 6.32. The van der Waals surface area contributed by atoms with Crippen LogP contribution in [0.3, 0.4) is 0 Å². The molecule has 2 rings (SSSR count). The number of rotatable bonds is 5. The molecule has 1 aromatic carbocycles. The van der Waals surface area contributed by atoms with Crippen LogP contribution in [0.15, 0.2) is 18.2 Å². The molecule has 0 unspecified atom stereocenters. The summed E-state index contributed by atoms with van der Waals surface area (Å²) in [7, 11) is 1.39. The van der Waals surface area contributed by atoms with E-state index in [1.54, 1.807) is 0 Å². The zero-order valence-corrected chi connectivity index (χ0v) is 13.4. The van der Waals surface area contributed by atoms with E-state index in [9.17, 15) is 4.79 Å². The van der Waals surface area contributed by atoms with E-state index in [-0.39, 0.29) is 18.1 Å². The van der Waals surface area contributed by atoms with Crippen LogP contribution in [-0.2, 0) is 9.53 Å². The van der Waals surface area contributed by atoms with Crippen molar-refractivity contribution in [1.82, 2.24) is 5.32 Å². The van der Waals surface area contributed by atoms with Crippen LogP contribution in [0.1, 0.15) is 38.2 Å². The third-order valence-electron chi connectivity index (χ3n) is 4.01. The molecule has 0 amide bonds. The number of nitrogens with one attached hydrogen (secondary N) is 1. The Morgan fingerprint density at radius 2 is 2.29 bits per heavy atom. The Labute approximate surface area is 130 Å². The van der Waals surface area contributed by atoms with E-state index < -0.39 is 0 Å². The Hall–Kier alpha value is -1.26. The molecule has 1 heterocycles. The summed E-state index contributed by atoms with van der Waals surface area (Å²) in [5.41, 5.74) is 1.21. The minimum absolute atomic E-state index is 0.0685. The largest absolute Gasteiger partial charge is 0.487 e. The zero-order valence-electron chi connectivity index (χ0n) is 12.7. The maximum Gasteiger partial charge on any atom is 0.323 e. The van der Waals surface area contributed by atoms with E-state index in [4.69, 9.17) is 21.1 Å². The average molecular weight is 312 g/mol. The number of methoxy groups -OCH3 is 1. The highest BCUT2D eigenvalue weighted by Gasteiger charge is 2.31.